The Morgan fingerprint density at radius 2 is 2.04 bits per heavy atom. The molecule has 1 aromatic carbocycles. The first-order chi connectivity index (χ1) is 11.9. The SMILES string of the molecule is Cc1nc(NC(=O)c2ccc(-c3cccc([N+](=O)[O-])c3)o2)ccc1Br. The van der Waals surface area contributed by atoms with Crippen molar-refractivity contribution in [2.75, 3.05) is 5.32 Å². The van der Waals surface area contributed by atoms with Gasteiger partial charge in [-0.3, -0.25) is 14.9 Å². The van der Waals surface area contributed by atoms with E-state index in [1.807, 2.05) is 6.92 Å². The van der Waals surface area contributed by atoms with Crippen LogP contribution in [0.4, 0.5) is 11.5 Å². The van der Waals surface area contributed by atoms with Crippen LogP contribution in [0.15, 0.2) is 57.4 Å². The molecule has 1 amide bonds. The number of benzene rings is 1. The topological polar surface area (TPSA) is 98.3 Å². The highest BCUT2D eigenvalue weighted by Gasteiger charge is 2.15. The number of aromatic nitrogens is 1. The molecule has 0 spiro atoms. The number of carbonyl (C=O) groups is 1. The minimum atomic E-state index is -0.485. The summed E-state index contributed by atoms with van der Waals surface area (Å²) in [6, 6.07) is 12.6. The lowest BCUT2D eigenvalue weighted by Gasteiger charge is -2.04. The molecule has 0 aliphatic heterocycles. The first-order valence-electron chi connectivity index (χ1n) is 7.23. The van der Waals surface area contributed by atoms with Crippen molar-refractivity contribution in [1.29, 1.82) is 0 Å². The maximum atomic E-state index is 12.3. The zero-order chi connectivity index (χ0) is 18.0. The second-order valence-corrected chi connectivity index (χ2v) is 6.04. The van der Waals surface area contributed by atoms with E-state index in [0.717, 1.165) is 10.2 Å². The number of pyridine rings is 1. The van der Waals surface area contributed by atoms with E-state index >= 15 is 0 Å². The van der Waals surface area contributed by atoms with Crippen LogP contribution < -0.4 is 5.32 Å². The quantitative estimate of drug-likeness (QED) is 0.509. The van der Waals surface area contributed by atoms with E-state index in [0.29, 0.717) is 17.1 Å². The van der Waals surface area contributed by atoms with Gasteiger partial charge in [-0.1, -0.05) is 12.1 Å². The number of nitro groups is 1. The molecular formula is C17H12BrN3O4. The number of aryl methyl sites for hydroxylation is 1. The van der Waals surface area contributed by atoms with Crippen molar-refractivity contribution < 1.29 is 14.1 Å². The number of anilines is 1. The van der Waals surface area contributed by atoms with Gasteiger partial charge >= 0.3 is 0 Å². The summed E-state index contributed by atoms with van der Waals surface area (Å²) in [5, 5.41) is 13.5. The zero-order valence-corrected chi connectivity index (χ0v) is 14.6. The van der Waals surface area contributed by atoms with E-state index in [-0.39, 0.29) is 11.4 Å². The molecule has 0 saturated carbocycles. The molecular weight excluding hydrogens is 390 g/mol. The number of rotatable bonds is 4. The normalized spacial score (nSPS) is 10.5. The monoisotopic (exact) mass is 401 g/mol. The van der Waals surface area contributed by atoms with Gasteiger partial charge in [0, 0.05) is 22.2 Å². The molecule has 0 bridgehead atoms. The third-order valence-electron chi connectivity index (χ3n) is 3.43. The molecule has 8 heteroatoms. The molecule has 0 unspecified atom stereocenters. The zero-order valence-electron chi connectivity index (χ0n) is 13.0. The molecule has 0 atom stereocenters. The Morgan fingerprint density at radius 3 is 2.76 bits per heavy atom. The molecule has 0 radical (unpaired) electrons. The summed E-state index contributed by atoms with van der Waals surface area (Å²) in [4.78, 5) is 26.9. The van der Waals surface area contributed by atoms with Crippen LogP contribution in [-0.4, -0.2) is 15.8 Å². The first-order valence-corrected chi connectivity index (χ1v) is 8.02. The van der Waals surface area contributed by atoms with Crippen LogP contribution >= 0.6 is 15.9 Å². The van der Waals surface area contributed by atoms with Gasteiger partial charge in [-0.05, 0) is 47.1 Å². The third kappa shape index (κ3) is 3.74. The van der Waals surface area contributed by atoms with Gasteiger partial charge in [0.2, 0.25) is 0 Å². The maximum Gasteiger partial charge on any atom is 0.292 e. The summed E-state index contributed by atoms with van der Waals surface area (Å²) in [5.41, 5.74) is 1.22. The van der Waals surface area contributed by atoms with Crippen molar-refractivity contribution in [3.63, 3.8) is 0 Å². The fourth-order valence-corrected chi connectivity index (χ4v) is 2.40. The highest BCUT2D eigenvalue weighted by atomic mass is 79.9. The molecule has 0 aliphatic rings. The lowest BCUT2D eigenvalue weighted by Crippen LogP contribution is -2.12. The average molecular weight is 402 g/mol. The van der Waals surface area contributed by atoms with Crippen molar-refractivity contribution in [1.82, 2.24) is 4.98 Å². The van der Waals surface area contributed by atoms with E-state index in [1.165, 1.54) is 18.2 Å². The summed E-state index contributed by atoms with van der Waals surface area (Å²) in [7, 11) is 0. The molecule has 2 aromatic heterocycles. The van der Waals surface area contributed by atoms with E-state index in [2.05, 4.69) is 26.2 Å². The van der Waals surface area contributed by atoms with Crippen molar-refractivity contribution >= 4 is 33.3 Å². The summed E-state index contributed by atoms with van der Waals surface area (Å²) in [6.45, 7) is 1.81. The molecule has 3 aromatic rings. The average Bonchev–Trinajstić information content (AvgIpc) is 3.08. The number of nitrogens with zero attached hydrogens (tertiary/aromatic N) is 2. The number of nitrogens with one attached hydrogen (secondary N) is 1. The van der Waals surface area contributed by atoms with Gasteiger partial charge in [0.15, 0.2) is 5.76 Å². The third-order valence-corrected chi connectivity index (χ3v) is 4.27. The molecule has 3 rings (SSSR count). The highest BCUT2D eigenvalue weighted by molar-refractivity contribution is 9.10. The first kappa shape index (κ1) is 16.8. The van der Waals surface area contributed by atoms with Crippen molar-refractivity contribution in [3.05, 3.63) is 74.6 Å². The standard InChI is InChI=1S/C17H12BrN3O4/c1-10-13(18)5-8-16(19-10)20-17(22)15-7-6-14(25-15)11-3-2-4-12(9-11)21(23)24/h2-9H,1H3,(H,19,20,22). The smallest absolute Gasteiger partial charge is 0.292 e. The Bertz CT molecular complexity index is 968. The van der Waals surface area contributed by atoms with Crippen molar-refractivity contribution in [2.24, 2.45) is 0 Å². The Morgan fingerprint density at radius 1 is 1.24 bits per heavy atom. The predicted octanol–water partition coefficient (Wildman–Crippen LogP) is 4.57. The summed E-state index contributed by atoms with van der Waals surface area (Å²) >= 11 is 3.34. The molecule has 7 nitrogen and oxygen atoms in total. The second-order valence-electron chi connectivity index (χ2n) is 5.19. The number of carbonyl (C=O) groups excluding carboxylic acids is 1. The van der Waals surface area contributed by atoms with Gasteiger partial charge in [0.1, 0.15) is 11.6 Å². The number of hydrogen-bond acceptors (Lipinski definition) is 5. The summed E-state index contributed by atoms with van der Waals surface area (Å²) in [5.74, 6) is 0.405. The van der Waals surface area contributed by atoms with Gasteiger partial charge in [0.25, 0.3) is 11.6 Å². The Balaban J connectivity index is 1.81. The maximum absolute atomic E-state index is 12.3. The van der Waals surface area contributed by atoms with Crippen LogP contribution in [0.1, 0.15) is 16.2 Å². The predicted molar refractivity (Wildman–Crippen MR) is 95.4 cm³/mol. The number of halogens is 1. The minimum absolute atomic E-state index is 0.0468. The van der Waals surface area contributed by atoms with E-state index in [9.17, 15) is 14.9 Å². The number of furan rings is 1. The molecule has 0 fully saturated rings. The fourth-order valence-electron chi connectivity index (χ4n) is 2.18. The molecule has 25 heavy (non-hydrogen) atoms. The molecule has 0 aliphatic carbocycles. The fraction of sp³-hybridized carbons (Fsp3) is 0.0588. The van der Waals surface area contributed by atoms with Crippen LogP contribution in [0.3, 0.4) is 0 Å². The van der Waals surface area contributed by atoms with Crippen LogP contribution in [0.5, 0.6) is 0 Å². The van der Waals surface area contributed by atoms with E-state index < -0.39 is 10.8 Å². The van der Waals surface area contributed by atoms with E-state index in [1.54, 1.807) is 30.3 Å². The Labute approximate surface area is 151 Å². The minimum Gasteiger partial charge on any atom is -0.451 e. The lowest BCUT2D eigenvalue weighted by molar-refractivity contribution is -0.384. The number of non-ortho nitro benzene ring substituents is 1. The van der Waals surface area contributed by atoms with Crippen molar-refractivity contribution in [2.45, 2.75) is 6.92 Å². The molecule has 2 heterocycles. The summed E-state index contributed by atoms with van der Waals surface area (Å²) in [6.07, 6.45) is 0. The molecule has 126 valence electrons. The second kappa shape index (κ2) is 6.86. The van der Waals surface area contributed by atoms with Crippen LogP contribution in [0, 0.1) is 17.0 Å². The molecule has 1 N–H and O–H groups in total. The number of amides is 1. The van der Waals surface area contributed by atoms with Crippen molar-refractivity contribution in [3.8, 4) is 11.3 Å². The molecule has 0 saturated heterocycles. The van der Waals surface area contributed by atoms with E-state index in [4.69, 9.17) is 4.42 Å². The van der Waals surface area contributed by atoms with Gasteiger partial charge in [-0.25, -0.2) is 4.98 Å². The van der Waals surface area contributed by atoms with Crippen LogP contribution in [0.2, 0.25) is 0 Å². The van der Waals surface area contributed by atoms with Crippen LogP contribution in [0.25, 0.3) is 11.3 Å². The van der Waals surface area contributed by atoms with Gasteiger partial charge in [0.05, 0.1) is 10.6 Å². The lowest BCUT2D eigenvalue weighted by atomic mass is 10.1. The number of hydrogen-bond donors (Lipinski definition) is 1. The van der Waals surface area contributed by atoms with Gasteiger partial charge in [-0.2, -0.15) is 0 Å². The van der Waals surface area contributed by atoms with Gasteiger partial charge < -0.3 is 9.73 Å². The Kier molecular flexibility index (Phi) is 4.62. The number of nitro benzene ring substituents is 1. The van der Waals surface area contributed by atoms with Gasteiger partial charge in [-0.15, -0.1) is 0 Å². The Hall–Kier alpha value is -3.00. The highest BCUT2D eigenvalue weighted by Crippen LogP contribution is 2.26. The summed E-state index contributed by atoms with van der Waals surface area (Å²) < 4.78 is 6.36. The largest absolute Gasteiger partial charge is 0.451 e. The van der Waals surface area contributed by atoms with Crippen LogP contribution in [-0.2, 0) is 0 Å².